The molecule has 0 saturated heterocycles. The lowest BCUT2D eigenvalue weighted by Gasteiger charge is -2.27. The van der Waals surface area contributed by atoms with Gasteiger partial charge >= 0.3 is 0 Å². The zero-order valence-electron chi connectivity index (χ0n) is 34.0. The van der Waals surface area contributed by atoms with Crippen molar-refractivity contribution in [3.8, 4) is 41.1 Å². The summed E-state index contributed by atoms with van der Waals surface area (Å²) in [4.78, 5) is 11.2. The van der Waals surface area contributed by atoms with Crippen molar-refractivity contribution in [2.24, 2.45) is 0 Å². The summed E-state index contributed by atoms with van der Waals surface area (Å²) in [6.45, 7) is 11.1. The predicted molar refractivity (Wildman–Crippen MR) is 259 cm³/mol. The zero-order valence-corrected chi connectivity index (χ0v) is 36.5. The SMILES string of the molecule is Cc1ccc(N(c2ccc(-c3ccc(N(c4ccc(C)cc4)c4ccc(C(C)(C)C)cc4)cc3)cc2)c2ccc(-c3ccc(-c4ccc(-c5cccs5)s4)s3)cc2)cc1. The Morgan fingerprint density at radius 2 is 0.678 bits per heavy atom. The molecule has 5 heteroatoms. The zero-order chi connectivity index (χ0) is 40.5. The van der Waals surface area contributed by atoms with Gasteiger partial charge in [-0.2, -0.15) is 0 Å². The maximum Gasteiger partial charge on any atom is 0.0462 e. The minimum absolute atomic E-state index is 0.0989. The van der Waals surface area contributed by atoms with E-state index in [-0.39, 0.29) is 5.41 Å². The quantitative estimate of drug-likeness (QED) is 0.136. The van der Waals surface area contributed by atoms with E-state index in [4.69, 9.17) is 0 Å². The van der Waals surface area contributed by atoms with Gasteiger partial charge in [0.15, 0.2) is 0 Å². The molecule has 0 amide bonds. The number of thiophene rings is 3. The lowest BCUT2D eigenvalue weighted by molar-refractivity contribution is 0.590. The average molecular weight is 819 g/mol. The lowest BCUT2D eigenvalue weighted by atomic mass is 9.87. The van der Waals surface area contributed by atoms with Gasteiger partial charge in [-0.15, -0.1) is 34.0 Å². The van der Waals surface area contributed by atoms with Crippen LogP contribution in [-0.2, 0) is 5.41 Å². The molecule has 0 N–H and O–H groups in total. The smallest absolute Gasteiger partial charge is 0.0462 e. The number of rotatable bonds is 10. The molecule has 0 unspecified atom stereocenters. The van der Waals surface area contributed by atoms with Crippen LogP contribution in [0.2, 0.25) is 0 Å². The topological polar surface area (TPSA) is 6.48 Å². The van der Waals surface area contributed by atoms with E-state index in [1.165, 1.54) is 57.8 Å². The molecule has 0 atom stereocenters. The molecule has 0 spiro atoms. The molecule has 59 heavy (non-hydrogen) atoms. The van der Waals surface area contributed by atoms with Crippen molar-refractivity contribution in [2.75, 3.05) is 9.80 Å². The number of benzene rings is 6. The van der Waals surface area contributed by atoms with E-state index in [1.54, 1.807) is 11.3 Å². The van der Waals surface area contributed by atoms with Crippen LogP contribution in [0.1, 0.15) is 37.5 Å². The van der Waals surface area contributed by atoms with E-state index in [1.807, 2.05) is 22.7 Å². The van der Waals surface area contributed by atoms with E-state index >= 15 is 0 Å². The van der Waals surface area contributed by atoms with Crippen LogP contribution in [0, 0.1) is 13.8 Å². The van der Waals surface area contributed by atoms with Gasteiger partial charge in [-0.3, -0.25) is 0 Å². The first-order valence-electron chi connectivity index (χ1n) is 20.1. The number of anilines is 6. The van der Waals surface area contributed by atoms with Crippen LogP contribution in [-0.4, -0.2) is 0 Å². The van der Waals surface area contributed by atoms with Gasteiger partial charge in [-0.05, 0) is 150 Å². The van der Waals surface area contributed by atoms with Crippen LogP contribution in [0.3, 0.4) is 0 Å². The highest BCUT2D eigenvalue weighted by molar-refractivity contribution is 7.27. The summed E-state index contributed by atoms with van der Waals surface area (Å²) in [5.41, 5.74) is 14.3. The summed E-state index contributed by atoms with van der Waals surface area (Å²) in [5, 5.41) is 2.14. The second-order valence-corrected chi connectivity index (χ2v) is 19.2. The first-order valence-corrected chi connectivity index (χ1v) is 22.6. The fourth-order valence-corrected chi connectivity index (χ4v) is 10.4. The molecule has 2 nitrogen and oxygen atoms in total. The summed E-state index contributed by atoms with van der Waals surface area (Å²) < 4.78 is 0. The normalized spacial score (nSPS) is 11.5. The highest BCUT2D eigenvalue weighted by Crippen LogP contribution is 2.43. The van der Waals surface area contributed by atoms with Gasteiger partial charge in [-0.25, -0.2) is 0 Å². The van der Waals surface area contributed by atoms with Gasteiger partial charge < -0.3 is 9.80 Å². The molecule has 0 radical (unpaired) electrons. The van der Waals surface area contributed by atoms with Crippen molar-refractivity contribution >= 4 is 68.1 Å². The summed E-state index contributed by atoms with van der Waals surface area (Å²) in [6, 6.07) is 66.8. The molecule has 0 aliphatic rings. The van der Waals surface area contributed by atoms with Crippen LogP contribution in [0.4, 0.5) is 34.1 Å². The third-order valence-electron chi connectivity index (χ3n) is 10.8. The largest absolute Gasteiger partial charge is 0.311 e. The highest BCUT2D eigenvalue weighted by atomic mass is 32.1. The van der Waals surface area contributed by atoms with Crippen molar-refractivity contribution in [3.63, 3.8) is 0 Å². The van der Waals surface area contributed by atoms with Crippen LogP contribution in [0.25, 0.3) is 41.1 Å². The number of aryl methyl sites for hydroxylation is 2. The van der Waals surface area contributed by atoms with Crippen molar-refractivity contribution in [1.29, 1.82) is 0 Å². The minimum atomic E-state index is 0.0989. The second kappa shape index (κ2) is 16.3. The Kier molecular flexibility index (Phi) is 10.7. The van der Waals surface area contributed by atoms with E-state index < -0.39 is 0 Å². The molecule has 0 fully saturated rings. The second-order valence-electron chi connectivity index (χ2n) is 16.1. The molecule has 0 aliphatic heterocycles. The summed E-state index contributed by atoms with van der Waals surface area (Å²) in [6.07, 6.45) is 0. The van der Waals surface area contributed by atoms with Gasteiger partial charge in [0.25, 0.3) is 0 Å². The molecule has 0 aliphatic carbocycles. The number of hydrogen-bond acceptors (Lipinski definition) is 5. The predicted octanol–water partition coefficient (Wildman–Crippen LogP) is 17.4. The average Bonchev–Trinajstić information content (AvgIpc) is 4.07. The fourth-order valence-electron chi connectivity index (χ4n) is 7.42. The van der Waals surface area contributed by atoms with E-state index in [2.05, 4.69) is 232 Å². The fraction of sp³-hybridized carbons (Fsp3) is 0.111. The van der Waals surface area contributed by atoms with E-state index in [0.29, 0.717) is 0 Å². The van der Waals surface area contributed by atoms with Gasteiger partial charge in [0.2, 0.25) is 0 Å². The van der Waals surface area contributed by atoms with Gasteiger partial charge in [-0.1, -0.05) is 111 Å². The van der Waals surface area contributed by atoms with Crippen LogP contribution >= 0.6 is 34.0 Å². The third kappa shape index (κ3) is 8.33. The molecular formula is C54H46N2S3. The Labute approximate surface area is 361 Å². The summed E-state index contributed by atoms with van der Waals surface area (Å²) >= 11 is 5.52. The summed E-state index contributed by atoms with van der Waals surface area (Å²) in [7, 11) is 0. The van der Waals surface area contributed by atoms with Crippen LogP contribution in [0.5, 0.6) is 0 Å². The minimum Gasteiger partial charge on any atom is -0.311 e. The number of nitrogens with zero attached hydrogens (tertiary/aromatic N) is 2. The molecule has 9 aromatic rings. The van der Waals surface area contributed by atoms with Gasteiger partial charge in [0, 0.05) is 58.5 Å². The van der Waals surface area contributed by atoms with E-state index in [9.17, 15) is 0 Å². The Balaban J connectivity index is 0.975. The maximum absolute atomic E-state index is 2.35. The molecule has 0 bridgehead atoms. The van der Waals surface area contributed by atoms with E-state index in [0.717, 1.165) is 34.1 Å². The van der Waals surface area contributed by atoms with Crippen molar-refractivity contribution in [1.82, 2.24) is 0 Å². The standard InChI is InChI=1S/C54H46N2S3/c1-37-8-20-43(21-9-37)55(47-28-16-41(17-29-47)49-32-33-52(58-49)53-35-34-51(59-53)50-7-6-36-57-50)45-24-12-39(13-25-45)40-14-26-46(27-15-40)56(44-22-10-38(2)11-23-44)48-30-18-42(19-31-48)54(3,4)5/h6-36H,1-5H3. The molecule has 3 aromatic heterocycles. The van der Waals surface area contributed by atoms with Crippen molar-refractivity contribution in [3.05, 3.63) is 204 Å². The highest BCUT2D eigenvalue weighted by Gasteiger charge is 2.18. The Morgan fingerprint density at radius 1 is 0.339 bits per heavy atom. The summed E-state index contributed by atoms with van der Waals surface area (Å²) in [5.74, 6) is 0. The first kappa shape index (κ1) is 38.5. The van der Waals surface area contributed by atoms with Crippen LogP contribution < -0.4 is 9.80 Å². The molecular weight excluding hydrogens is 773 g/mol. The maximum atomic E-state index is 2.35. The molecule has 0 saturated carbocycles. The Bertz CT molecular complexity index is 2770. The Morgan fingerprint density at radius 3 is 1.07 bits per heavy atom. The molecule has 290 valence electrons. The van der Waals surface area contributed by atoms with Crippen LogP contribution in [0.15, 0.2) is 187 Å². The third-order valence-corrected chi connectivity index (χ3v) is 14.3. The molecule has 3 heterocycles. The monoisotopic (exact) mass is 818 g/mol. The lowest BCUT2D eigenvalue weighted by Crippen LogP contribution is -2.13. The van der Waals surface area contributed by atoms with Gasteiger partial charge in [0.05, 0.1) is 0 Å². The van der Waals surface area contributed by atoms with Gasteiger partial charge in [0.1, 0.15) is 0 Å². The molecule has 6 aromatic carbocycles. The van der Waals surface area contributed by atoms with Crippen molar-refractivity contribution in [2.45, 2.75) is 40.0 Å². The molecule has 9 rings (SSSR count). The van der Waals surface area contributed by atoms with Crippen molar-refractivity contribution < 1.29 is 0 Å². The number of hydrogen-bond donors (Lipinski definition) is 0. The Hall–Kier alpha value is -5.98. The first-order chi connectivity index (χ1) is 28.7.